The van der Waals surface area contributed by atoms with E-state index in [1.807, 2.05) is 12.3 Å². The molecule has 4 rings (SSSR count). The molecule has 5 heteroatoms. The van der Waals surface area contributed by atoms with Crippen LogP contribution in [0.4, 0.5) is 0 Å². The zero-order chi connectivity index (χ0) is 13.4. The molecule has 2 aromatic rings. The first-order valence-electron chi connectivity index (χ1n) is 7.54. The van der Waals surface area contributed by atoms with Gasteiger partial charge in [-0.3, -0.25) is 10.00 Å². The minimum atomic E-state index is 0.472. The molecule has 1 aliphatic heterocycles. The Morgan fingerprint density at radius 1 is 1.30 bits per heavy atom. The third kappa shape index (κ3) is 2.50. The Bertz CT molecular complexity index is 558. The molecule has 0 bridgehead atoms. The minimum absolute atomic E-state index is 0.472. The highest BCUT2D eigenvalue weighted by molar-refractivity contribution is 5.09. The molecule has 0 amide bonds. The Morgan fingerprint density at radius 2 is 2.25 bits per heavy atom. The number of likely N-dealkylation sites (tertiary alicyclic amines) is 1. The number of rotatable bonds is 4. The molecule has 0 spiro atoms. The molecular formula is C15H20N4O. The van der Waals surface area contributed by atoms with Crippen molar-refractivity contribution in [1.82, 2.24) is 20.1 Å². The van der Waals surface area contributed by atoms with E-state index in [2.05, 4.69) is 15.1 Å². The van der Waals surface area contributed by atoms with Crippen molar-refractivity contribution in [2.24, 2.45) is 0 Å². The van der Waals surface area contributed by atoms with Crippen molar-refractivity contribution >= 4 is 0 Å². The quantitative estimate of drug-likeness (QED) is 0.929. The van der Waals surface area contributed by atoms with E-state index in [0.717, 1.165) is 31.3 Å². The molecule has 1 saturated heterocycles. The summed E-state index contributed by atoms with van der Waals surface area (Å²) in [5.41, 5.74) is 1.25. The van der Waals surface area contributed by atoms with Gasteiger partial charge < -0.3 is 4.42 Å². The van der Waals surface area contributed by atoms with Crippen molar-refractivity contribution in [3.63, 3.8) is 0 Å². The summed E-state index contributed by atoms with van der Waals surface area (Å²) >= 11 is 0. The second-order valence-electron chi connectivity index (χ2n) is 6.06. The number of hydrogen-bond donors (Lipinski definition) is 1. The van der Waals surface area contributed by atoms with Crippen LogP contribution >= 0.6 is 0 Å². The zero-order valence-corrected chi connectivity index (χ0v) is 11.6. The zero-order valence-electron chi connectivity index (χ0n) is 11.6. The van der Waals surface area contributed by atoms with Crippen LogP contribution in [-0.4, -0.2) is 33.2 Å². The molecule has 5 nitrogen and oxygen atoms in total. The van der Waals surface area contributed by atoms with Crippen LogP contribution < -0.4 is 0 Å². The first-order chi connectivity index (χ1) is 9.88. The summed E-state index contributed by atoms with van der Waals surface area (Å²) in [5, 5.41) is 7.58. The molecule has 0 aromatic carbocycles. The molecule has 106 valence electrons. The van der Waals surface area contributed by atoms with E-state index in [-0.39, 0.29) is 0 Å². The van der Waals surface area contributed by atoms with Crippen LogP contribution in [0.15, 0.2) is 23.0 Å². The number of hydrogen-bond acceptors (Lipinski definition) is 4. The first kappa shape index (κ1) is 12.1. The fourth-order valence-corrected chi connectivity index (χ4v) is 3.06. The summed E-state index contributed by atoms with van der Waals surface area (Å²) in [6, 6.07) is 2.04. The summed E-state index contributed by atoms with van der Waals surface area (Å²) in [4.78, 5) is 7.19. The Morgan fingerprint density at radius 3 is 3.05 bits per heavy atom. The topological polar surface area (TPSA) is 58.0 Å². The van der Waals surface area contributed by atoms with Crippen molar-refractivity contribution < 1.29 is 4.42 Å². The maximum absolute atomic E-state index is 5.15. The summed E-state index contributed by atoms with van der Waals surface area (Å²) in [7, 11) is 0. The van der Waals surface area contributed by atoms with Gasteiger partial charge in [0, 0.05) is 30.5 Å². The van der Waals surface area contributed by atoms with Gasteiger partial charge in [-0.1, -0.05) is 0 Å². The Balaban J connectivity index is 1.42. The van der Waals surface area contributed by atoms with E-state index < -0.39 is 0 Å². The monoisotopic (exact) mass is 272 g/mol. The largest absolute Gasteiger partial charge is 0.472 e. The second-order valence-corrected chi connectivity index (χ2v) is 6.06. The normalized spacial score (nSPS) is 24.1. The van der Waals surface area contributed by atoms with Gasteiger partial charge in [-0.2, -0.15) is 5.10 Å². The van der Waals surface area contributed by atoms with Gasteiger partial charge in [-0.25, -0.2) is 4.98 Å². The van der Waals surface area contributed by atoms with Crippen molar-refractivity contribution in [2.45, 2.75) is 44.1 Å². The first-order valence-corrected chi connectivity index (χ1v) is 7.54. The molecule has 20 heavy (non-hydrogen) atoms. The van der Waals surface area contributed by atoms with E-state index in [1.165, 1.54) is 31.2 Å². The van der Waals surface area contributed by atoms with Gasteiger partial charge in [0.2, 0.25) is 0 Å². The highest BCUT2D eigenvalue weighted by Gasteiger charge is 2.30. The SMILES string of the molecule is c1cc(CN2CCCC(c3n[nH]c(C4CC4)n3)C2)co1. The van der Waals surface area contributed by atoms with Crippen LogP contribution in [0.2, 0.25) is 0 Å². The van der Waals surface area contributed by atoms with Crippen LogP contribution in [-0.2, 0) is 6.54 Å². The number of nitrogens with one attached hydrogen (secondary N) is 1. The van der Waals surface area contributed by atoms with Gasteiger partial charge in [-0.05, 0) is 38.3 Å². The third-order valence-corrected chi connectivity index (χ3v) is 4.34. The van der Waals surface area contributed by atoms with Crippen LogP contribution in [0.5, 0.6) is 0 Å². The molecule has 3 heterocycles. The fourth-order valence-electron chi connectivity index (χ4n) is 3.06. The number of piperidine rings is 1. The fraction of sp³-hybridized carbons (Fsp3) is 0.600. The van der Waals surface area contributed by atoms with Crippen LogP contribution in [0.1, 0.15) is 54.7 Å². The molecule has 1 atom stereocenters. The summed E-state index contributed by atoms with van der Waals surface area (Å²) in [5.74, 6) is 3.25. The molecule has 1 aliphatic carbocycles. The lowest BCUT2D eigenvalue weighted by molar-refractivity contribution is 0.196. The lowest BCUT2D eigenvalue weighted by atomic mass is 9.97. The van der Waals surface area contributed by atoms with Gasteiger partial charge in [0.1, 0.15) is 5.82 Å². The number of aromatic amines is 1. The van der Waals surface area contributed by atoms with Crippen LogP contribution in [0.3, 0.4) is 0 Å². The van der Waals surface area contributed by atoms with Gasteiger partial charge in [0.25, 0.3) is 0 Å². The summed E-state index contributed by atoms with van der Waals surface area (Å²) in [6.45, 7) is 3.17. The third-order valence-electron chi connectivity index (χ3n) is 4.34. The highest BCUT2D eigenvalue weighted by Crippen LogP contribution is 2.38. The van der Waals surface area contributed by atoms with Crippen LogP contribution in [0.25, 0.3) is 0 Å². The summed E-state index contributed by atoms with van der Waals surface area (Å²) < 4.78 is 5.15. The van der Waals surface area contributed by atoms with E-state index in [1.54, 1.807) is 6.26 Å². The molecule has 1 N–H and O–H groups in total. The molecule has 2 aliphatic rings. The standard InChI is InChI=1S/C15H20N4O/c1-2-13(15-16-14(17-18-15)12-3-4-12)9-19(6-1)8-11-5-7-20-10-11/h5,7,10,12-13H,1-4,6,8-9H2,(H,16,17,18). The van der Waals surface area contributed by atoms with Crippen molar-refractivity contribution in [3.8, 4) is 0 Å². The van der Waals surface area contributed by atoms with Crippen molar-refractivity contribution in [2.75, 3.05) is 13.1 Å². The highest BCUT2D eigenvalue weighted by atomic mass is 16.3. The Labute approximate surface area is 118 Å². The molecule has 2 fully saturated rings. The second kappa shape index (κ2) is 5.05. The van der Waals surface area contributed by atoms with Gasteiger partial charge in [-0.15, -0.1) is 0 Å². The lowest BCUT2D eigenvalue weighted by Gasteiger charge is -2.30. The smallest absolute Gasteiger partial charge is 0.155 e. The number of nitrogens with zero attached hydrogens (tertiary/aromatic N) is 3. The predicted octanol–water partition coefficient (Wildman–Crippen LogP) is 2.65. The average molecular weight is 272 g/mol. The number of aromatic nitrogens is 3. The Kier molecular flexibility index (Phi) is 3.07. The van der Waals surface area contributed by atoms with E-state index >= 15 is 0 Å². The number of furan rings is 1. The van der Waals surface area contributed by atoms with Crippen molar-refractivity contribution in [1.29, 1.82) is 0 Å². The number of H-pyrrole nitrogens is 1. The van der Waals surface area contributed by atoms with E-state index in [0.29, 0.717) is 11.8 Å². The minimum Gasteiger partial charge on any atom is -0.472 e. The molecule has 1 saturated carbocycles. The maximum atomic E-state index is 5.15. The Hall–Kier alpha value is -1.62. The molecule has 2 aromatic heterocycles. The van der Waals surface area contributed by atoms with Gasteiger partial charge in [0.05, 0.1) is 12.5 Å². The van der Waals surface area contributed by atoms with E-state index in [4.69, 9.17) is 9.40 Å². The predicted molar refractivity (Wildman–Crippen MR) is 74.3 cm³/mol. The molecule has 1 unspecified atom stereocenters. The lowest BCUT2D eigenvalue weighted by Crippen LogP contribution is -2.34. The van der Waals surface area contributed by atoms with Gasteiger partial charge in [0.15, 0.2) is 5.82 Å². The average Bonchev–Trinajstić information content (AvgIpc) is 3.00. The molecular weight excluding hydrogens is 252 g/mol. The van der Waals surface area contributed by atoms with Crippen molar-refractivity contribution in [3.05, 3.63) is 35.8 Å². The summed E-state index contributed by atoms with van der Waals surface area (Å²) in [6.07, 6.45) is 8.53. The molecule has 0 radical (unpaired) electrons. The van der Waals surface area contributed by atoms with Crippen LogP contribution in [0, 0.1) is 0 Å². The maximum Gasteiger partial charge on any atom is 0.155 e. The van der Waals surface area contributed by atoms with Gasteiger partial charge >= 0.3 is 0 Å². The van der Waals surface area contributed by atoms with E-state index in [9.17, 15) is 0 Å².